The molecule has 19 heavy (non-hydrogen) atoms. The summed E-state index contributed by atoms with van der Waals surface area (Å²) >= 11 is 1.43. The fraction of sp³-hybridized carbons (Fsp3) is 0.385. The van der Waals surface area contributed by atoms with E-state index in [1.54, 1.807) is 12.1 Å². The summed E-state index contributed by atoms with van der Waals surface area (Å²) < 4.78 is 15.3. The van der Waals surface area contributed by atoms with Crippen molar-refractivity contribution < 1.29 is 4.39 Å². The number of aromatic nitrogens is 3. The first kappa shape index (κ1) is 14.0. The Hall–Kier alpha value is -1.40. The highest BCUT2D eigenvalue weighted by molar-refractivity contribution is 7.99. The van der Waals surface area contributed by atoms with Gasteiger partial charge in [0, 0.05) is 29.7 Å². The quantitative estimate of drug-likeness (QED) is 0.823. The van der Waals surface area contributed by atoms with Crippen molar-refractivity contribution in [3.63, 3.8) is 0 Å². The van der Waals surface area contributed by atoms with Crippen LogP contribution in [0.4, 0.5) is 4.39 Å². The van der Waals surface area contributed by atoms with E-state index in [9.17, 15) is 4.39 Å². The van der Waals surface area contributed by atoms with Crippen molar-refractivity contribution in [1.29, 1.82) is 0 Å². The first-order chi connectivity index (χ1) is 9.20. The molecule has 4 nitrogen and oxygen atoms in total. The van der Waals surface area contributed by atoms with Gasteiger partial charge in [0.25, 0.3) is 0 Å². The van der Waals surface area contributed by atoms with Crippen LogP contribution in [0.2, 0.25) is 0 Å². The zero-order chi connectivity index (χ0) is 13.7. The molecule has 0 spiro atoms. The van der Waals surface area contributed by atoms with Crippen molar-refractivity contribution >= 4 is 11.8 Å². The molecule has 2 N–H and O–H groups in total. The van der Waals surface area contributed by atoms with Gasteiger partial charge in [-0.3, -0.25) is 4.68 Å². The molecule has 0 amide bonds. The van der Waals surface area contributed by atoms with Crippen LogP contribution >= 0.6 is 11.8 Å². The molecule has 0 fully saturated rings. The van der Waals surface area contributed by atoms with Crippen LogP contribution in [0.25, 0.3) is 0 Å². The molecule has 0 saturated carbocycles. The average molecular weight is 280 g/mol. The summed E-state index contributed by atoms with van der Waals surface area (Å²) in [7, 11) is 0. The lowest BCUT2D eigenvalue weighted by Crippen LogP contribution is -2.27. The molecule has 6 heteroatoms. The molecular weight excluding hydrogens is 263 g/mol. The molecule has 1 atom stereocenters. The van der Waals surface area contributed by atoms with Crippen LogP contribution in [0.15, 0.2) is 35.5 Å². The first-order valence-electron chi connectivity index (χ1n) is 6.20. The van der Waals surface area contributed by atoms with E-state index in [4.69, 9.17) is 5.73 Å². The largest absolute Gasteiger partial charge is 0.327 e. The molecule has 0 aliphatic rings. The minimum atomic E-state index is -0.198. The van der Waals surface area contributed by atoms with Gasteiger partial charge in [-0.2, -0.15) is 5.10 Å². The van der Waals surface area contributed by atoms with Gasteiger partial charge in [-0.25, -0.2) is 9.37 Å². The predicted molar refractivity (Wildman–Crippen MR) is 74.5 cm³/mol. The van der Waals surface area contributed by atoms with Crippen LogP contribution in [0.3, 0.4) is 0 Å². The van der Waals surface area contributed by atoms with Crippen LogP contribution in [-0.2, 0) is 13.0 Å². The molecule has 0 aliphatic heterocycles. The van der Waals surface area contributed by atoms with Gasteiger partial charge < -0.3 is 5.73 Å². The second-order valence-electron chi connectivity index (χ2n) is 4.20. The van der Waals surface area contributed by atoms with E-state index in [1.807, 2.05) is 17.7 Å². The molecule has 0 radical (unpaired) electrons. The molecule has 1 aromatic heterocycles. The topological polar surface area (TPSA) is 56.7 Å². The van der Waals surface area contributed by atoms with Gasteiger partial charge in [-0.15, -0.1) is 11.8 Å². The second kappa shape index (κ2) is 6.68. The number of thioether (sulfide) groups is 1. The maximum atomic E-state index is 13.4. The number of nitrogens with two attached hydrogens (primary N) is 1. The van der Waals surface area contributed by atoms with Gasteiger partial charge in [0.15, 0.2) is 0 Å². The average Bonchev–Trinajstić information content (AvgIpc) is 2.85. The summed E-state index contributed by atoms with van der Waals surface area (Å²) in [6.45, 7) is 2.79. The highest BCUT2D eigenvalue weighted by Crippen LogP contribution is 2.21. The third-order valence-corrected chi connectivity index (χ3v) is 3.97. The zero-order valence-electron chi connectivity index (χ0n) is 10.8. The number of rotatable bonds is 6. The SMILES string of the molecule is CCn1ncnc1CC(N)CSc1ccccc1F. The predicted octanol–water partition coefficient (Wildman–Crippen LogP) is 2.10. The molecule has 1 unspecified atom stereocenters. The summed E-state index contributed by atoms with van der Waals surface area (Å²) in [6.07, 6.45) is 2.19. The summed E-state index contributed by atoms with van der Waals surface area (Å²) in [5.74, 6) is 1.33. The molecule has 2 aromatic rings. The Morgan fingerprint density at radius 2 is 2.21 bits per heavy atom. The van der Waals surface area contributed by atoms with E-state index in [2.05, 4.69) is 10.1 Å². The molecule has 0 saturated heterocycles. The lowest BCUT2D eigenvalue weighted by Gasteiger charge is -2.11. The monoisotopic (exact) mass is 280 g/mol. The van der Waals surface area contributed by atoms with E-state index < -0.39 is 0 Å². The fourth-order valence-electron chi connectivity index (χ4n) is 1.76. The normalized spacial score (nSPS) is 12.6. The zero-order valence-corrected chi connectivity index (χ0v) is 11.6. The molecule has 2 rings (SSSR count). The minimum absolute atomic E-state index is 0.0703. The van der Waals surface area contributed by atoms with E-state index >= 15 is 0 Å². The second-order valence-corrected chi connectivity index (χ2v) is 5.26. The Labute approximate surface area is 116 Å². The smallest absolute Gasteiger partial charge is 0.138 e. The Balaban J connectivity index is 1.88. The molecule has 0 aliphatic carbocycles. The molecule has 102 valence electrons. The Bertz CT molecular complexity index is 529. The van der Waals surface area contributed by atoms with Crippen molar-refractivity contribution in [3.05, 3.63) is 42.2 Å². The van der Waals surface area contributed by atoms with E-state index in [0.717, 1.165) is 12.4 Å². The van der Waals surface area contributed by atoms with Crippen LogP contribution in [0.1, 0.15) is 12.7 Å². The van der Waals surface area contributed by atoms with Gasteiger partial charge in [0.05, 0.1) is 0 Å². The lowest BCUT2D eigenvalue weighted by atomic mass is 10.2. The molecule has 1 heterocycles. The number of halogens is 1. The van der Waals surface area contributed by atoms with Crippen molar-refractivity contribution in [2.24, 2.45) is 5.73 Å². The maximum Gasteiger partial charge on any atom is 0.138 e. The van der Waals surface area contributed by atoms with Crippen LogP contribution < -0.4 is 5.73 Å². The van der Waals surface area contributed by atoms with Gasteiger partial charge in [-0.05, 0) is 19.1 Å². The molecular formula is C13H17FN4S. The Morgan fingerprint density at radius 1 is 1.42 bits per heavy atom. The molecule has 1 aromatic carbocycles. The summed E-state index contributed by atoms with van der Waals surface area (Å²) in [5, 5.41) is 4.10. The first-order valence-corrected chi connectivity index (χ1v) is 7.19. The lowest BCUT2D eigenvalue weighted by molar-refractivity contribution is 0.587. The van der Waals surface area contributed by atoms with Gasteiger partial charge in [0.1, 0.15) is 18.0 Å². The van der Waals surface area contributed by atoms with Gasteiger partial charge in [-0.1, -0.05) is 12.1 Å². The van der Waals surface area contributed by atoms with Gasteiger partial charge >= 0.3 is 0 Å². The Kier molecular flexibility index (Phi) is 4.93. The van der Waals surface area contributed by atoms with Crippen LogP contribution in [0, 0.1) is 5.82 Å². The van der Waals surface area contributed by atoms with Crippen LogP contribution in [-0.4, -0.2) is 26.6 Å². The Morgan fingerprint density at radius 3 is 2.95 bits per heavy atom. The summed E-state index contributed by atoms with van der Waals surface area (Å²) in [5.41, 5.74) is 6.06. The van der Waals surface area contributed by atoms with E-state index in [0.29, 0.717) is 17.1 Å². The van der Waals surface area contributed by atoms with Gasteiger partial charge in [0.2, 0.25) is 0 Å². The van der Waals surface area contributed by atoms with E-state index in [-0.39, 0.29) is 11.9 Å². The maximum absolute atomic E-state index is 13.4. The number of aryl methyl sites for hydroxylation is 1. The van der Waals surface area contributed by atoms with Crippen molar-refractivity contribution in [2.75, 3.05) is 5.75 Å². The number of hydrogen-bond acceptors (Lipinski definition) is 4. The third-order valence-electron chi connectivity index (χ3n) is 2.73. The van der Waals surface area contributed by atoms with Crippen molar-refractivity contribution in [3.8, 4) is 0 Å². The number of benzene rings is 1. The van der Waals surface area contributed by atoms with E-state index in [1.165, 1.54) is 24.2 Å². The fourth-order valence-corrected chi connectivity index (χ4v) is 2.65. The summed E-state index contributed by atoms with van der Waals surface area (Å²) in [4.78, 5) is 4.82. The highest BCUT2D eigenvalue weighted by atomic mass is 32.2. The van der Waals surface area contributed by atoms with Crippen molar-refractivity contribution in [1.82, 2.24) is 14.8 Å². The molecule has 0 bridgehead atoms. The minimum Gasteiger partial charge on any atom is -0.327 e. The third kappa shape index (κ3) is 3.78. The number of nitrogens with zero attached hydrogens (tertiary/aromatic N) is 3. The highest BCUT2D eigenvalue weighted by Gasteiger charge is 2.11. The number of hydrogen-bond donors (Lipinski definition) is 1. The summed E-state index contributed by atoms with van der Waals surface area (Å²) in [6, 6.07) is 6.66. The standard InChI is InChI=1S/C13H17FN4S/c1-2-18-13(16-9-17-18)7-10(15)8-19-12-6-4-3-5-11(12)14/h3-6,9-10H,2,7-8,15H2,1H3. The van der Waals surface area contributed by atoms with Crippen molar-refractivity contribution in [2.45, 2.75) is 30.8 Å². The van der Waals surface area contributed by atoms with Crippen LogP contribution in [0.5, 0.6) is 0 Å².